The van der Waals surface area contributed by atoms with Gasteiger partial charge in [0.25, 0.3) is 0 Å². The second-order valence-corrected chi connectivity index (χ2v) is 4.88. The van der Waals surface area contributed by atoms with Crippen LogP contribution in [0.2, 0.25) is 0 Å². The summed E-state index contributed by atoms with van der Waals surface area (Å²) in [4.78, 5) is 9.14. The second-order valence-electron chi connectivity index (χ2n) is 4.88. The average molecular weight is 247 g/mol. The van der Waals surface area contributed by atoms with Crippen LogP contribution in [0.25, 0.3) is 0 Å². The molecule has 5 heteroatoms. The zero-order chi connectivity index (χ0) is 13.1. The number of nitrogens with zero attached hydrogens (tertiary/aromatic N) is 3. The number of anilines is 1. The molecule has 1 fully saturated rings. The summed E-state index contributed by atoms with van der Waals surface area (Å²) in [7, 11) is 2.14. The predicted molar refractivity (Wildman–Crippen MR) is 74.3 cm³/mol. The van der Waals surface area contributed by atoms with Crippen LogP contribution in [-0.2, 0) is 0 Å². The van der Waals surface area contributed by atoms with Gasteiger partial charge in [-0.15, -0.1) is 0 Å². The van der Waals surface area contributed by atoms with Gasteiger partial charge >= 0.3 is 0 Å². The van der Waals surface area contributed by atoms with E-state index in [0.29, 0.717) is 0 Å². The highest BCUT2D eigenvalue weighted by Crippen LogP contribution is 2.19. The van der Waals surface area contributed by atoms with Gasteiger partial charge in [0.05, 0.1) is 5.56 Å². The third-order valence-electron chi connectivity index (χ3n) is 3.32. The molecular formula is C13H21N5. The molecule has 0 radical (unpaired) electrons. The number of hydrogen-bond donors (Lipinski definition) is 2. The number of amidine groups is 1. The van der Waals surface area contributed by atoms with Crippen LogP contribution in [0.1, 0.15) is 17.7 Å². The van der Waals surface area contributed by atoms with E-state index in [1.165, 1.54) is 0 Å². The third kappa shape index (κ3) is 2.79. The molecule has 98 valence electrons. The van der Waals surface area contributed by atoms with Crippen molar-refractivity contribution < 1.29 is 0 Å². The zero-order valence-corrected chi connectivity index (χ0v) is 11.1. The SMILES string of the molecule is Cc1ccc(C(=N)N)c(N2CCCN(C)CC2)n1. The van der Waals surface area contributed by atoms with E-state index in [9.17, 15) is 0 Å². The second kappa shape index (κ2) is 5.35. The van der Waals surface area contributed by atoms with Crippen LogP contribution in [0.5, 0.6) is 0 Å². The Morgan fingerprint density at radius 3 is 2.78 bits per heavy atom. The maximum atomic E-state index is 7.66. The Balaban J connectivity index is 2.30. The Bertz CT molecular complexity index is 443. The summed E-state index contributed by atoms with van der Waals surface area (Å²) in [5.74, 6) is 0.952. The van der Waals surface area contributed by atoms with Crippen LogP contribution in [0.3, 0.4) is 0 Å². The minimum absolute atomic E-state index is 0.0927. The molecule has 0 bridgehead atoms. The molecule has 2 rings (SSSR count). The van der Waals surface area contributed by atoms with E-state index in [0.717, 1.165) is 49.7 Å². The van der Waals surface area contributed by atoms with E-state index in [1.807, 2.05) is 19.1 Å². The Kier molecular flexibility index (Phi) is 3.81. The molecule has 0 atom stereocenters. The molecule has 0 aliphatic carbocycles. The van der Waals surface area contributed by atoms with Crippen molar-refractivity contribution in [2.75, 3.05) is 38.1 Å². The summed E-state index contributed by atoms with van der Waals surface area (Å²) in [6, 6.07) is 3.80. The van der Waals surface area contributed by atoms with Crippen molar-refractivity contribution in [2.24, 2.45) is 5.73 Å². The number of rotatable bonds is 2. The Hall–Kier alpha value is -1.62. The van der Waals surface area contributed by atoms with Crippen molar-refractivity contribution in [1.29, 1.82) is 5.41 Å². The Morgan fingerprint density at radius 1 is 1.28 bits per heavy atom. The van der Waals surface area contributed by atoms with Crippen molar-refractivity contribution in [2.45, 2.75) is 13.3 Å². The number of nitrogens with two attached hydrogens (primary N) is 1. The van der Waals surface area contributed by atoms with Crippen molar-refractivity contribution in [3.8, 4) is 0 Å². The molecule has 0 aromatic carbocycles. The van der Waals surface area contributed by atoms with E-state index < -0.39 is 0 Å². The van der Waals surface area contributed by atoms with Gasteiger partial charge in [-0.25, -0.2) is 4.98 Å². The monoisotopic (exact) mass is 247 g/mol. The quantitative estimate of drug-likeness (QED) is 0.599. The number of aromatic nitrogens is 1. The summed E-state index contributed by atoms with van der Waals surface area (Å²) in [6.45, 7) is 6.01. The molecule has 3 N–H and O–H groups in total. The van der Waals surface area contributed by atoms with Crippen LogP contribution in [0.15, 0.2) is 12.1 Å². The number of hydrogen-bond acceptors (Lipinski definition) is 4. The first-order chi connectivity index (χ1) is 8.58. The third-order valence-corrected chi connectivity index (χ3v) is 3.32. The molecule has 0 unspecified atom stereocenters. The lowest BCUT2D eigenvalue weighted by atomic mass is 10.2. The minimum Gasteiger partial charge on any atom is -0.384 e. The van der Waals surface area contributed by atoms with Crippen LogP contribution < -0.4 is 10.6 Å². The van der Waals surface area contributed by atoms with Crippen LogP contribution in [0.4, 0.5) is 5.82 Å². The lowest BCUT2D eigenvalue weighted by Crippen LogP contribution is -2.31. The fourth-order valence-electron chi connectivity index (χ4n) is 2.25. The van der Waals surface area contributed by atoms with E-state index in [-0.39, 0.29) is 5.84 Å². The molecule has 0 spiro atoms. The average Bonchev–Trinajstić information content (AvgIpc) is 2.53. The van der Waals surface area contributed by atoms with E-state index in [4.69, 9.17) is 11.1 Å². The Labute approximate surface area is 108 Å². The van der Waals surface area contributed by atoms with Gasteiger partial charge in [0.2, 0.25) is 0 Å². The standard InChI is InChI=1S/C13H21N5/c1-10-4-5-11(12(14)15)13(16-10)18-7-3-6-17(2)8-9-18/h4-5H,3,6-9H2,1-2H3,(H3,14,15). The Morgan fingerprint density at radius 2 is 2.06 bits per heavy atom. The zero-order valence-electron chi connectivity index (χ0n) is 11.1. The van der Waals surface area contributed by atoms with Gasteiger partial charge in [0.1, 0.15) is 11.7 Å². The fourth-order valence-corrected chi connectivity index (χ4v) is 2.25. The van der Waals surface area contributed by atoms with Gasteiger partial charge in [-0.3, -0.25) is 5.41 Å². The number of likely N-dealkylation sites (N-methyl/N-ethyl adjacent to an activating group) is 1. The number of nitrogen functional groups attached to an aromatic ring is 1. The highest BCUT2D eigenvalue weighted by molar-refractivity contribution is 5.99. The van der Waals surface area contributed by atoms with Gasteiger partial charge in [-0.2, -0.15) is 0 Å². The largest absolute Gasteiger partial charge is 0.384 e. The smallest absolute Gasteiger partial charge is 0.139 e. The topological polar surface area (TPSA) is 69.2 Å². The van der Waals surface area contributed by atoms with Crippen molar-refractivity contribution in [3.63, 3.8) is 0 Å². The molecule has 1 saturated heterocycles. The number of nitrogens with one attached hydrogen (secondary N) is 1. The maximum Gasteiger partial charge on any atom is 0.139 e. The predicted octanol–water partition coefficient (Wildman–Crippen LogP) is 0.816. The number of aryl methyl sites for hydroxylation is 1. The summed E-state index contributed by atoms with van der Waals surface area (Å²) in [5.41, 5.74) is 7.35. The molecule has 2 heterocycles. The van der Waals surface area contributed by atoms with Crippen LogP contribution >= 0.6 is 0 Å². The lowest BCUT2D eigenvalue weighted by molar-refractivity contribution is 0.360. The summed E-state index contributed by atoms with van der Waals surface area (Å²) in [6.07, 6.45) is 1.11. The van der Waals surface area contributed by atoms with Crippen LogP contribution in [0, 0.1) is 12.3 Å². The van der Waals surface area contributed by atoms with Crippen LogP contribution in [-0.4, -0.2) is 48.9 Å². The lowest BCUT2D eigenvalue weighted by Gasteiger charge is -2.24. The minimum atomic E-state index is 0.0927. The van der Waals surface area contributed by atoms with Gasteiger partial charge < -0.3 is 15.5 Å². The van der Waals surface area contributed by atoms with E-state index in [2.05, 4.69) is 21.8 Å². The highest BCUT2D eigenvalue weighted by atomic mass is 15.2. The van der Waals surface area contributed by atoms with Crippen molar-refractivity contribution in [3.05, 3.63) is 23.4 Å². The van der Waals surface area contributed by atoms with Gasteiger partial charge in [0, 0.05) is 25.3 Å². The number of pyridine rings is 1. The molecule has 1 aliphatic heterocycles. The molecular weight excluding hydrogens is 226 g/mol. The first kappa shape index (κ1) is 12.8. The normalized spacial score (nSPS) is 17.6. The fraction of sp³-hybridized carbons (Fsp3) is 0.538. The molecule has 5 nitrogen and oxygen atoms in total. The molecule has 0 amide bonds. The highest BCUT2D eigenvalue weighted by Gasteiger charge is 2.18. The van der Waals surface area contributed by atoms with E-state index >= 15 is 0 Å². The molecule has 1 aromatic heterocycles. The van der Waals surface area contributed by atoms with Gasteiger partial charge in [0.15, 0.2) is 0 Å². The first-order valence-corrected chi connectivity index (χ1v) is 6.33. The molecule has 1 aliphatic rings. The maximum absolute atomic E-state index is 7.66. The summed E-state index contributed by atoms with van der Waals surface area (Å²) in [5, 5.41) is 7.66. The first-order valence-electron chi connectivity index (χ1n) is 6.33. The molecule has 0 saturated carbocycles. The van der Waals surface area contributed by atoms with Gasteiger partial charge in [-0.1, -0.05) is 0 Å². The summed E-state index contributed by atoms with van der Waals surface area (Å²) < 4.78 is 0. The van der Waals surface area contributed by atoms with Crippen molar-refractivity contribution in [1.82, 2.24) is 9.88 Å². The molecule has 1 aromatic rings. The van der Waals surface area contributed by atoms with Crippen molar-refractivity contribution >= 4 is 11.7 Å². The molecule has 18 heavy (non-hydrogen) atoms. The van der Waals surface area contributed by atoms with E-state index in [1.54, 1.807) is 0 Å². The van der Waals surface area contributed by atoms with Gasteiger partial charge in [-0.05, 0) is 39.1 Å². The summed E-state index contributed by atoms with van der Waals surface area (Å²) >= 11 is 0.